The summed E-state index contributed by atoms with van der Waals surface area (Å²) in [6.07, 6.45) is -1.02. The predicted molar refractivity (Wildman–Crippen MR) is 159 cm³/mol. The topological polar surface area (TPSA) is 95.9 Å². The van der Waals surface area contributed by atoms with Crippen molar-refractivity contribution in [3.8, 4) is 0 Å². The van der Waals surface area contributed by atoms with Crippen LogP contribution in [0, 0.1) is 5.41 Å². The van der Waals surface area contributed by atoms with Crippen LogP contribution in [0.4, 0.5) is 4.79 Å². The smallest absolute Gasteiger partial charge is 0.404 e. The summed E-state index contributed by atoms with van der Waals surface area (Å²) in [6, 6.07) is 10.9. The van der Waals surface area contributed by atoms with E-state index in [9.17, 15) is 19.5 Å². The van der Waals surface area contributed by atoms with Crippen molar-refractivity contribution in [2.45, 2.75) is 39.3 Å². The van der Waals surface area contributed by atoms with E-state index in [1.807, 2.05) is 51.1 Å². The lowest BCUT2D eigenvalue weighted by atomic mass is 9.80. The van der Waals surface area contributed by atoms with E-state index in [0.29, 0.717) is 21.4 Å². The molecular formula is C24H22Br4N2O5S2. The number of hydrogen-bond acceptors (Lipinski definition) is 6. The molecule has 1 aromatic carbocycles. The maximum Gasteiger partial charge on any atom is 0.404 e. The van der Waals surface area contributed by atoms with Crippen LogP contribution in [0.15, 0.2) is 59.0 Å². The second-order valence-corrected chi connectivity index (χ2v) is 15.5. The fraction of sp³-hybridized carbons (Fsp3) is 0.292. The number of carboxylic acid groups (broad SMARTS) is 1. The number of benzene rings is 1. The van der Waals surface area contributed by atoms with E-state index in [4.69, 9.17) is 4.84 Å². The Morgan fingerprint density at radius 2 is 1.51 bits per heavy atom. The van der Waals surface area contributed by atoms with Crippen LogP contribution >= 0.6 is 86.4 Å². The van der Waals surface area contributed by atoms with Crippen molar-refractivity contribution in [1.29, 1.82) is 0 Å². The maximum absolute atomic E-state index is 13.9. The van der Waals surface area contributed by atoms with E-state index < -0.39 is 35.5 Å². The second-order valence-electron chi connectivity index (χ2n) is 9.02. The van der Waals surface area contributed by atoms with Gasteiger partial charge in [-0.3, -0.25) is 4.79 Å². The van der Waals surface area contributed by atoms with Crippen LogP contribution < -0.4 is 5.32 Å². The lowest BCUT2D eigenvalue weighted by Gasteiger charge is -2.41. The molecule has 2 unspecified atom stereocenters. The van der Waals surface area contributed by atoms with Crippen molar-refractivity contribution in [2.75, 3.05) is 0 Å². The molecule has 0 aliphatic heterocycles. The molecule has 0 aliphatic rings. The Labute approximate surface area is 256 Å². The molecule has 0 aliphatic carbocycles. The van der Waals surface area contributed by atoms with E-state index >= 15 is 0 Å². The minimum Gasteiger partial charge on any atom is -0.465 e. The van der Waals surface area contributed by atoms with Gasteiger partial charge in [0.25, 0.3) is 5.91 Å². The Bertz CT molecular complexity index is 1250. The molecule has 13 heteroatoms. The lowest BCUT2D eigenvalue weighted by Crippen LogP contribution is -2.59. The van der Waals surface area contributed by atoms with Crippen LogP contribution in [0.2, 0.25) is 0 Å². The number of carbonyl (C=O) groups excluding carboxylic acids is 2. The predicted octanol–water partition coefficient (Wildman–Crippen LogP) is 8.37. The number of amides is 2. The van der Waals surface area contributed by atoms with Crippen molar-refractivity contribution in [1.82, 2.24) is 10.4 Å². The zero-order valence-electron chi connectivity index (χ0n) is 19.8. The number of thiophene rings is 2. The van der Waals surface area contributed by atoms with Crippen molar-refractivity contribution in [3.05, 3.63) is 74.3 Å². The molecule has 2 aromatic heterocycles. The van der Waals surface area contributed by atoms with Crippen LogP contribution in [0.5, 0.6) is 0 Å². The van der Waals surface area contributed by atoms with E-state index in [1.54, 1.807) is 12.1 Å². The van der Waals surface area contributed by atoms with E-state index in [-0.39, 0.29) is 11.3 Å². The molecule has 198 valence electrons. The quantitative estimate of drug-likeness (QED) is 0.234. The Morgan fingerprint density at radius 1 is 0.973 bits per heavy atom. The van der Waals surface area contributed by atoms with E-state index in [1.165, 1.54) is 11.3 Å². The molecule has 0 fully saturated rings. The van der Waals surface area contributed by atoms with Crippen LogP contribution in [-0.2, 0) is 11.3 Å². The molecule has 2 atom stereocenters. The number of carbonyl (C=O) groups is 3. The number of nitrogens with one attached hydrogen (secondary N) is 1. The summed E-state index contributed by atoms with van der Waals surface area (Å²) in [5.41, 5.74) is 0.201. The molecular weight excluding hydrogens is 780 g/mol. The van der Waals surface area contributed by atoms with Crippen LogP contribution in [0.1, 0.15) is 45.7 Å². The number of halogens is 4. The average Bonchev–Trinajstić information content (AvgIpc) is 3.34. The number of hydroxylamine groups is 2. The molecule has 37 heavy (non-hydrogen) atoms. The average molecular weight is 802 g/mol. The standard InChI is InChI=1S/C24H22Br4N2O5S2/c1-24(2,3)18(29-23(33)34)15(9-12-7-5-4-6-8-12)30(21(31)16-10-13(25)19(27)36-16)35-22(32)17-11-14(26)20(28)37-17/h4-8,10-11,15,18,29H,9H2,1-3H3,(H,33,34). The van der Waals surface area contributed by atoms with Crippen molar-refractivity contribution in [2.24, 2.45) is 5.41 Å². The lowest BCUT2D eigenvalue weighted by molar-refractivity contribution is -0.118. The SMILES string of the molecule is CC(C)(C)C(NC(=O)O)C(Cc1ccccc1)N(OC(=O)c1cc(Br)c(Br)s1)C(=O)c1cc(Br)c(Br)s1. The summed E-state index contributed by atoms with van der Waals surface area (Å²) in [6.45, 7) is 5.59. The molecule has 2 amide bonds. The number of hydrogen-bond donors (Lipinski definition) is 2. The molecule has 0 radical (unpaired) electrons. The Hall–Kier alpha value is -1.25. The number of nitrogens with zero attached hydrogens (tertiary/aromatic N) is 1. The molecule has 0 bridgehead atoms. The Morgan fingerprint density at radius 3 is 1.97 bits per heavy atom. The molecule has 7 nitrogen and oxygen atoms in total. The molecule has 3 rings (SSSR count). The van der Waals surface area contributed by atoms with Gasteiger partial charge in [-0.05, 0) is 93.3 Å². The highest BCUT2D eigenvalue weighted by molar-refractivity contribution is 9.13. The Kier molecular flexibility index (Phi) is 10.4. The third-order valence-corrected chi connectivity index (χ3v) is 11.7. The third kappa shape index (κ3) is 7.89. The van der Waals surface area contributed by atoms with Gasteiger partial charge in [-0.25, -0.2) is 9.59 Å². The number of rotatable bonds is 7. The van der Waals surface area contributed by atoms with Crippen LogP contribution in [0.3, 0.4) is 0 Å². The Balaban J connectivity index is 2.14. The molecule has 0 spiro atoms. The van der Waals surface area contributed by atoms with E-state index in [0.717, 1.165) is 22.0 Å². The summed E-state index contributed by atoms with van der Waals surface area (Å²) in [5.74, 6) is -1.30. The van der Waals surface area contributed by atoms with Gasteiger partial charge in [-0.1, -0.05) is 51.1 Å². The third-order valence-electron chi connectivity index (χ3n) is 5.27. The first-order valence-corrected chi connectivity index (χ1v) is 15.6. The van der Waals surface area contributed by atoms with Gasteiger partial charge in [0, 0.05) is 8.95 Å². The fourth-order valence-electron chi connectivity index (χ4n) is 3.62. The maximum atomic E-state index is 13.9. The zero-order valence-corrected chi connectivity index (χ0v) is 27.7. The zero-order chi connectivity index (χ0) is 27.5. The molecule has 2 N–H and O–H groups in total. The minimum absolute atomic E-state index is 0.230. The van der Waals surface area contributed by atoms with Gasteiger partial charge in [0.05, 0.1) is 24.5 Å². The molecule has 0 saturated heterocycles. The summed E-state index contributed by atoms with van der Waals surface area (Å²) in [7, 11) is 0. The molecule has 0 saturated carbocycles. The first-order chi connectivity index (χ1) is 17.3. The largest absolute Gasteiger partial charge is 0.465 e. The van der Waals surface area contributed by atoms with Crippen molar-refractivity contribution < 1.29 is 24.3 Å². The highest BCUT2D eigenvalue weighted by atomic mass is 79.9. The summed E-state index contributed by atoms with van der Waals surface area (Å²) in [5, 5.41) is 13.3. The van der Waals surface area contributed by atoms with Crippen LogP contribution in [0.25, 0.3) is 0 Å². The fourth-order valence-corrected chi connectivity index (χ4v) is 7.49. The minimum atomic E-state index is -1.25. The van der Waals surface area contributed by atoms with Gasteiger partial charge in [0.1, 0.15) is 4.88 Å². The monoisotopic (exact) mass is 798 g/mol. The summed E-state index contributed by atoms with van der Waals surface area (Å²) >= 11 is 15.9. The molecule has 3 aromatic rings. The van der Waals surface area contributed by atoms with Gasteiger partial charge in [-0.2, -0.15) is 5.06 Å². The summed E-state index contributed by atoms with van der Waals surface area (Å²) in [4.78, 5) is 45.5. The first kappa shape index (κ1) is 30.3. The van der Waals surface area contributed by atoms with Crippen molar-refractivity contribution >= 4 is 104 Å². The van der Waals surface area contributed by atoms with Crippen molar-refractivity contribution in [3.63, 3.8) is 0 Å². The van der Waals surface area contributed by atoms with Gasteiger partial charge in [-0.15, -0.1) is 22.7 Å². The summed E-state index contributed by atoms with van der Waals surface area (Å²) < 4.78 is 2.75. The first-order valence-electron chi connectivity index (χ1n) is 10.8. The van der Waals surface area contributed by atoms with Crippen LogP contribution in [-0.4, -0.2) is 40.2 Å². The van der Waals surface area contributed by atoms with Gasteiger partial charge < -0.3 is 15.3 Å². The van der Waals surface area contributed by atoms with Gasteiger partial charge in [0.2, 0.25) is 0 Å². The molecule has 2 heterocycles. The highest BCUT2D eigenvalue weighted by Crippen LogP contribution is 2.36. The highest BCUT2D eigenvalue weighted by Gasteiger charge is 2.42. The second kappa shape index (κ2) is 12.7. The normalized spacial score (nSPS) is 13.1. The van der Waals surface area contributed by atoms with Gasteiger partial charge in [0.15, 0.2) is 0 Å². The van der Waals surface area contributed by atoms with E-state index in [2.05, 4.69) is 69.0 Å². The van der Waals surface area contributed by atoms with Gasteiger partial charge >= 0.3 is 12.1 Å².